The molecule has 1 aromatic heterocycles. The quantitative estimate of drug-likeness (QED) is 0.421. The zero-order valence-electron chi connectivity index (χ0n) is 19.2. The number of nitrogens with zero attached hydrogens (tertiary/aromatic N) is 2. The van der Waals surface area contributed by atoms with E-state index in [0.29, 0.717) is 20.6 Å². The third-order valence-corrected chi connectivity index (χ3v) is 7.00. The van der Waals surface area contributed by atoms with Gasteiger partial charge in [-0.3, -0.25) is 9.36 Å². The average Bonchev–Trinajstić information content (AvgIpc) is 3.13. The Bertz CT molecular complexity index is 1620. The second-order valence-corrected chi connectivity index (χ2v) is 9.29. The van der Waals surface area contributed by atoms with Gasteiger partial charge in [0.1, 0.15) is 0 Å². The monoisotopic (exact) mass is 468 g/mol. The van der Waals surface area contributed by atoms with Crippen LogP contribution < -0.4 is 14.9 Å². The van der Waals surface area contributed by atoms with Crippen LogP contribution in [-0.2, 0) is 9.53 Å². The number of aryl methyl sites for hydroxylation is 1. The minimum atomic E-state index is -0.592. The Balaban J connectivity index is 1.75. The molecule has 1 unspecified atom stereocenters. The van der Waals surface area contributed by atoms with Crippen LogP contribution >= 0.6 is 11.3 Å². The molecule has 1 aliphatic heterocycles. The number of thiazole rings is 1. The van der Waals surface area contributed by atoms with Crippen molar-refractivity contribution in [1.82, 2.24) is 4.57 Å². The maximum absolute atomic E-state index is 13.7. The van der Waals surface area contributed by atoms with Gasteiger partial charge in [0, 0.05) is 0 Å². The number of hydrogen-bond acceptors (Lipinski definition) is 5. The number of allylic oxidation sites excluding steroid dienone is 1. The van der Waals surface area contributed by atoms with E-state index in [-0.39, 0.29) is 12.2 Å². The molecule has 2 heterocycles. The standard InChI is InChI=1S/C28H24N2O3S/c1-4-33-27(32)24-18(3)29-28-30(25(24)20-14-12-17(2)13-15-20)26(31)23(34-28)16-21-10-7-9-19-8-5-6-11-22(19)21/h5-16,25H,4H2,1-3H3. The lowest BCUT2D eigenvalue weighted by atomic mass is 9.95. The van der Waals surface area contributed by atoms with Crippen molar-refractivity contribution in [3.05, 3.63) is 114 Å². The van der Waals surface area contributed by atoms with Gasteiger partial charge in [0.15, 0.2) is 4.80 Å². The summed E-state index contributed by atoms with van der Waals surface area (Å²) < 4.78 is 7.56. The number of benzene rings is 3. The van der Waals surface area contributed by atoms with Gasteiger partial charge in [-0.05, 0) is 48.7 Å². The fourth-order valence-corrected chi connectivity index (χ4v) is 5.41. The molecule has 6 heteroatoms. The fourth-order valence-electron chi connectivity index (χ4n) is 4.37. The summed E-state index contributed by atoms with van der Waals surface area (Å²) in [6.07, 6.45) is 1.92. The molecule has 0 N–H and O–H groups in total. The van der Waals surface area contributed by atoms with Gasteiger partial charge in [0.05, 0.1) is 28.5 Å². The minimum Gasteiger partial charge on any atom is -0.463 e. The van der Waals surface area contributed by atoms with Gasteiger partial charge in [0.2, 0.25) is 0 Å². The number of rotatable bonds is 4. The van der Waals surface area contributed by atoms with Crippen LogP contribution in [0.4, 0.5) is 0 Å². The first-order chi connectivity index (χ1) is 16.5. The highest BCUT2D eigenvalue weighted by molar-refractivity contribution is 7.07. The second-order valence-electron chi connectivity index (χ2n) is 8.28. The summed E-state index contributed by atoms with van der Waals surface area (Å²) in [6.45, 7) is 5.83. The average molecular weight is 469 g/mol. The van der Waals surface area contributed by atoms with Gasteiger partial charge in [-0.2, -0.15) is 0 Å². The summed E-state index contributed by atoms with van der Waals surface area (Å²) in [6, 6.07) is 21.5. The molecule has 0 fully saturated rings. The van der Waals surface area contributed by atoms with Crippen molar-refractivity contribution < 1.29 is 9.53 Å². The molecule has 1 aliphatic rings. The van der Waals surface area contributed by atoms with Gasteiger partial charge >= 0.3 is 5.97 Å². The Morgan fingerprint density at radius 3 is 2.56 bits per heavy atom. The Morgan fingerprint density at radius 1 is 1.06 bits per heavy atom. The van der Waals surface area contributed by atoms with Gasteiger partial charge in [-0.1, -0.05) is 83.6 Å². The normalized spacial score (nSPS) is 15.9. The van der Waals surface area contributed by atoms with Crippen molar-refractivity contribution in [3.8, 4) is 0 Å². The highest BCUT2D eigenvalue weighted by Crippen LogP contribution is 2.31. The van der Waals surface area contributed by atoms with Crippen LogP contribution in [0.15, 0.2) is 87.8 Å². The van der Waals surface area contributed by atoms with Crippen LogP contribution in [0.2, 0.25) is 0 Å². The van der Waals surface area contributed by atoms with Crippen LogP contribution in [0.25, 0.3) is 16.8 Å². The molecule has 0 saturated carbocycles. The van der Waals surface area contributed by atoms with Crippen LogP contribution in [0.5, 0.6) is 0 Å². The Labute approximate surface area is 201 Å². The smallest absolute Gasteiger partial charge is 0.338 e. The van der Waals surface area contributed by atoms with E-state index in [0.717, 1.165) is 27.5 Å². The van der Waals surface area contributed by atoms with E-state index in [1.807, 2.05) is 61.5 Å². The van der Waals surface area contributed by atoms with Crippen molar-refractivity contribution in [3.63, 3.8) is 0 Å². The molecule has 4 aromatic rings. The number of ether oxygens (including phenoxy) is 1. The first-order valence-corrected chi connectivity index (χ1v) is 12.0. The number of fused-ring (bicyclic) bond motifs is 2. The van der Waals surface area contributed by atoms with Crippen molar-refractivity contribution in [2.45, 2.75) is 26.8 Å². The van der Waals surface area contributed by atoms with E-state index in [1.54, 1.807) is 18.4 Å². The Morgan fingerprint density at radius 2 is 1.79 bits per heavy atom. The molecular formula is C28H24N2O3S. The highest BCUT2D eigenvalue weighted by Gasteiger charge is 2.33. The van der Waals surface area contributed by atoms with E-state index in [2.05, 4.69) is 23.2 Å². The molecule has 0 spiro atoms. The third kappa shape index (κ3) is 3.80. The fraction of sp³-hybridized carbons (Fsp3) is 0.179. The number of aromatic nitrogens is 1. The molecule has 0 amide bonds. The van der Waals surface area contributed by atoms with Crippen LogP contribution in [-0.4, -0.2) is 17.1 Å². The van der Waals surface area contributed by atoms with Crippen molar-refractivity contribution in [1.29, 1.82) is 0 Å². The summed E-state index contributed by atoms with van der Waals surface area (Å²) in [4.78, 5) is 31.9. The van der Waals surface area contributed by atoms with E-state index in [9.17, 15) is 9.59 Å². The maximum Gasteiger partial charge on any atom is 0.338 e. The predicted molar refractivity (Wildman–Crippen MR) is 136 cm³/mol. The molecule has 0 aliphatic carbocycles. The van der Waals surface area contributed by atoms with Crippen molar-refractivity contribution >= 4 is 34.2 Å². The molecule has 0 radical (unpaired) electrons. The molecule has 3 aromatic carbocycles. The topological polar surface area (TPSA) is 60.7 Å². The van der Waals surface area contributed by atoms with E-state index < -0.39 is 12.0 Å². The van der Waals surface area contributed by atoms with E-state index in [4.69, 9.17) is 4.74 Å². The first kappa shape index (κ1) is 22.0. The first-order valence-electron chi connectivity index (χ1n) is 11.2. The van der Waals surface area contributed by atoms with Crippen LogP contribution in [0, 0.1) is 6.92 Å². The number of esters is 1. The molecule has 0 saturated heterocycles. The van der Waals surface area contributed by atoms with Crippen LogP contribution in [0.1, 0.15) is 36.6 Å². The van der Waals surface area contributed by atoms with E-state index >= 15 is 0 Å². The highest BCUT2D eigenvalue weighted by atomic mass is 32.1. The molecule has 1 atom stereocenters. The molecule has 170 valence electrons. The summed E-state index contributed by atoms with van der Waals surface area (Å²) in [5, 5.41) is 2.19. The zero-order chi connectivity index (χ0) is 23.8. The Hall–Kier alpha value is -3.77. The van der Waals surface area contributed by atoms with Crippen LogP contribution in [0.3, 0.4) is 0 Å². The predicted octanol–water partition coefficient (Wildman–Crippen LogP) is 4.26. The largest absolute Gasteiger partial charge is 0.463 e. The summed E-state index contributed by atoms with van der Waals surface area (Å²) >= 11 is 1.34. The van der Waals surface area contributed by atoms with Gasteiger partial charge in [-0.25, -0.2) is 9.79 Å². The second kappa shape index (κ2) is 8.88. The molecule has 5 rings (SSSR count). The number of carbonyl (C=O) groups is 1. The van der Waals surface area contributed by atoms with E-state index in [1.165, 1.54) is 11.3 Å². The van der Waals surface area contributed by atoms with Gasteiger partial charge in [0.25, 0.3) is 5.56 Å². The lowest BCUT2D eigenvalue weighted by Crippen LogP contribution is -2.39. The zero-order valence-corrected chi connectivity index (χ0v) is 20.1. The molecular weight excluding hydrogens is 444 g/mol. The molecule has 34 heavy (non-hydrogen) atoms. The lowest BCUT2D eigenvalue weighted by Gasteiger charge is -2.24. The Kier molecular flexibility index (Phi) is 5.75. The summed E-state index contributed by atoms with van der Waals surface area (Å²) in [7, 11) is 0. The van der Waals surface area contributed by atoms with Crippen molar-refractivity contribution in [2.24, 2.45) is 4.99 Å². The van der Waals surface area contributed by atoms with Gasteiger partial charge < -0.3 is 4.74 Å². The number of carbonyl (C=O) groups excluding carboxylic acids is 1. The maximum atomic E-state index is 13.7. The summed E-state index contributed by atoms with van der Waals surface area (Å²) in [5.74, 6) is -0.447. The van der Waals surface area contributed by atoms with Crippen molar-refractivity contribution in [2.75, 3.05) is 6.61 Å². The third-order valence-electron chi connectivity index (χ3n) is 6.02. The molecule has 0 bridgehead atoms. The molecule has 5 nitrogen and oxygen atoms in total. The minimum absolute atomic E-state index is 0.170. The lowest BCUT2D eigenvalue weighted by molar-refractivity contribution is -0.139. The SMILES string of the molecule is CCOC(=O)C1=C(C)N=c2sc(=Cc3cccc4ccccc34)c(=O)n2C1c1ccc(C)cc1. The number of hydrogen-bond donors (Lipinski definition) is 0. The summed E-state index contributed by atoms with van der Waals surface area (Å²) in [5.41, 5.74) is 3.72. The van der Waals surface area contributed by atoms with Gasteiger partial charge in [-0.15, -0.1) is 0 Å².